The summed E-state index contributed by atoms with van der Waals surface area (Å²) in [7, 11) is 1.27. The summed E-state index contributed by atoms with van der Waals surface area (Å²) >= 11 is 7.74. The largest absolute Gasteiger partial charge is 0.465 e. The van der Waals surface area contributed by atoms with Gasteiger partial charge >= 0.3 is 5.97 Å². The second-order valence-corrected chi connectivity index (χ2v) is 8.92. The normalized spacial score (nSPS) is 13.5. The zero-order chi connectivity index (χ0) is 22.3. The molecule has 2 N–H and O–H groups in total. The zero-order valence-corrected chi connectivity index (χ0v) is 18.8. The van der Waals surface area contributed by atoms with E-state index in [4.69, 9.17) is 16.3 Å². The molecule has 3 aromatic heterocycles. The van der Waals surface area contributed by atoms with E-state index in [1.807, 2.05) is 13.8 Å². The smallest absolute Gasteiger partial charge is 0.341 e. The fraction of sp³-hybridized carbons (Fsp3) is 0.333. The molecule has 0 aromatic carbocycles. The Labute approximate surface area is 187 Å². The number of aromatic nitrogens is 2. The molecule has 0 aliphatic heterocycles. The third-order valence-corrected chi connectivity index (χ3v) is 6.46. The van der Waals surface area contributed by atoms with Crippen LogP contribution < -0.4 is 16.2 Å². The maximum absolute atomic E-state index is 13.1. The Hall–Kier alpha value is -2.91. The van der Waals surface area contributed by atoms with Crippen molar-refractivity contribution >= 4 is 62.1 Å². The molecule has 0 bridgehead atoms. The number of esters is 1. The van der Waals surface area contributed by atoms with Crippen LogP contribution in [0.3, 0.4) is 0 Å². The van der Waals surface area contributed by atoms with Crippen molar-refractivity contribution in [2.45, 2.75) is 32.7 Å². The van der Waals surface area contributed by atoms with E-state index >= 15 is 0 Å². The number of carbonyl (C=O) groups is 2. The van der Waals surface area contributed by atoms with Crippen LogP contribution in [0.25, 0.3) is 10.1 Å². The fourth-order valence-electron chi connectivity index (χ4n) is 3.21. The molecule has 4 rings (SSSR count). The van der Waals surface area contributed by atoms with Crippen LogP contribution in [-0.4, -0.2) is 28.5 Å². The van der Waals surface area contributed by atoms with E-state index in [0.717, 1.165) is 12.8 Å². The first kappa shape index (κ1) is 21.3. The molecule has 0 radical (unpaired) electrons. The average molecular weight is 461 g/mol. The van der Waals surface area contributed by atoms with Gasteiger partial charge in [0.2, 0.25) is 5.91 Å². The summed E-state index contributed by atoms with van der Waals surface area (Å²) in [4.78, 5) is 41.6. The van der Waals surface area contributed by atoms with Crippen LogP contribution in [0.5, 0.6) is 0 Å². The number of pyridine rings is 2. The van der Waals surface area contributed by atoms with E-state index < -0.39 is 5.97 Å². The molecule has 3 heterocycles. The molecule has 8 nitrogen and oxygen atoms in total. The van der Waals surface area contributed by atoms with E-state index in [9.17, 15) is 14.4 Å². The Morgan fingerprint density at radius 1 is 1.32 bits per heavy atom. The van der Waals surface area contributed by atoms with Crippen LogP contribution in [0.2, 0.25) is 5.02 Å². The van der Waals surface area contributed by atoms with Crippen molar-refractivity contribution in [1.82, 2.24) is 9.55 Å². The lowest BCUT2D eigenvalue weighted by molar-refractivity contribution is -0.117. The lowest BCUT2D eigenvalue weighted by Crippen LogP contribution is -2.21. The first-order valence-corrected chi connectivity index (χ1v) is 11.0. The Morgan fingerprint density at radius 2 is 2.06 bits per heavy atom. The van der Waals surface area contributed by atoms with Gasteiger partial charge in [0.1, 0.15) is 11.4 Å². The number of rotatable bonds is 6. The van der Waals surface area contributed by atoms with Gasteiger partial charge < -0.3 is 19.9 Å². The molecule has 1 aliphatic rings. The van der Waals surface area contributed by atoms with Crippen molar-refractivity contribution in [3.8, 4) is 0 Å². The molecule has 162 valence electrons. The van der Waals surface area contributed by atoms with Crippen LogP contribution in [0.1, 0.15) is 43.1 Å². The van der Waals surface area contributed by atoms with Crippen molar-refractivity contribution < 1.29 is 14.3 Å². The lowest BCUT2D eigenvalue weighted by atomic mass is 10.2. The molecule has 1 amide bonds. The molecule has 10 heteroatoms. The van der Waals surface area contributed by atoms with Gasteiger partial charge in [-0.2, -0.15) is 0 Å². The maximum atomic E-state index is 13.1. The summed E-state index contributed by atoms with van der Waals surface area (Å²) in [5.74, 6) is -0.371. The summed E-state index contributed by atoms with van der Waals surface area (Å²) in [5.41, 5.74) is 0.868. The first-order chi connectivity index (χ1) is 14.8. The molecule has 31 heavy (non-hydrogen) atoms. The van der Waals surface area contributed by atoms with Crippen LogP contribution >= 0.6 is 22.9 Å². The van der Waals surface area contributed by atoms with Gasteiger partial charge in [0.25, 0.3) is 5.56 Å². The molecule has 0 spiro atoms. The molecular weight excluding hydrogens is 440 g/mol. The quantitative estimate of drug-likeness (QED) is 0.522. The number of methoxy groups -OCH3 is 1. The van der Waals surface area contributed by atoms with Gasteiger partial charge in [-0.25, -0.2) is 9.78 Å². The van der Waals surface area contributed by atoms with Gasteiger partial charge in [-0.15, -0.1) is 11.3 Å². The van der Waals surface area contributed by atoms with Gasteiger partial charge in [0, 0.05) is 35.8 Å². The molecule has 3 aromatic rings. The number of nitrogens with zero attached hydrogens (tertiary/aromatic N) is 2. The van der Waals surface area contributed by atoms with Crippen LogP contribution in [-0.2, 0) is 9.53 Å². The van der Waals surface area contributed by atoms with Gasteiger partial charge in [-0.3, -0.25) is 9.59 Å². The van der Waals surface area contributed by atoms with Crippen LogP contribution in [0, 0.1) is 5.92 Å². The molecule has 1 saturated carbocycles. The third kappa shape index (κ3) is 4.15. The van der Waals surface area contributed by atoms with E-state index in [0.29, 0.717) is 32.3 Å². The molecule has 0 unspecified atom stereocenters. The van der Waals surface area contributed by atoms with E-state index in [2.05, 4.69) is 15.6 Å². The van der Waals surface area contributed by atoms with Gasteiger partial charge in [0.15, 0.2) is 0 Å². The third-order valence-electron chi connectivity index (χ3n) is 5.04. The van der Waals surface area contributed by atoms with Crippen molar-refractivity contribution in [1.29, 1.82) is 0 Å². The van der Waals surface area contributed by atoms with Crippen molar-refractivity contribution in [3.05, 3.63) is 44.8 Å². The van der Waals surface area contributed by atoms with E-state index in [1.54, 1.807) is 22.2 Å². The zero-order valence-electron chi connectivity index (χ0n) is 17.2. The van der Waals surface area contributed by atoms with Crippen molar-refractivity contribution in [2.75, 3.05) is 17.7 Å². The maximum Gasteiger partial charge on any atom is 0.341 e. The summed E-state index contributed by atoms with van der Waals surface area (Å²) in [6.45, 7) is 3.80. The Balaban J connectivity index is 1.78. The Kier molecular flexibility index (Phi) is 5.72. The number of ether oxygens (including phenoxy) is 1. The number of fused-ring (bicyclic) bond motifs is 1. The molecular formula is C21H21ClN4O4S. The highest BCUT2D eigenvalue weighted by Gasteiger charge is 2.30. The Morgan fingerprint density at radius 3 is 2.71 bits per heavy atom. The number of thiophene rings is 1. The molecule has 0 atom stereocenters. The highest BCUT2D eigenvalue weighted by Crippen LogP contribution is 2.36. The van der Waals surface area contributed by atoms with Gasteiger partial charge in [0.05, 0.1) is 33.6 Å². The minimum absolute atomic E-state index is 0.0101. The monoisotopic (exact) mass is 460 g/mol. The van der Waals surface area contributed by atoms with Crippen LogP contribution in [0.4, 0.5) is 17.2 Å². The van der Waals surface area contributed by atoms with Crippen LogP contribution in [0.15, 0.2) is 28.6 Å². The number of hydrogen-bond donors (Lipinski definition) is 2. The van der Waals surface area contributed by atoms with Gasteiger partial charge in [-0.05, 0) is 26.7 Å². The van der Waals surface area contributed by atoms with E-state index in [1.165, 1.54) is 24.6 Å². The molecule has 0 saturated heterocycles. The highest BCUT2D eigenvalue weighted by molar-refractivity contribution is 7.18. The summed E-state index contributed by atoms with van der Waals surface area (Å²) in [5, 5.41) is 8.59. The Bertz CT molecular complexity index is 1250. The van der Waals surface area contributed by atoms with Crippen molar-refractivity contribution in [2.24, 2.45) is 5.92 Å². The molecule has 1 aliphatic carbocycles. The molecule has 1 fully saturated rings. The van der Waals surface area contributed by atoms with E-state index in [-0.39, 0.29) is 29.0 Å². The number of hydrogen-bond acceptors (Lipinski definition) is 7. The second kappa shape index (κ2) is 8.32. The first-order valence-electron chi connectivity index (χ1n) is 9.78. The van der Waals surface area contributed by atoms with Gasteiger partial charge in [-0.1, -0.05) is 11.6 Å². The predicted octanol–water partition coefficient (Wildman–Crippen LogP) is 4.57. The highest BCUT2D eigenvalue weighted by atomic mass is 35.5. The predicted molar refractivity (Wildman–Crippen MR) is 122 cm³/mol. The number of carbonyl (C=O) groups excluding carboxylic acids is 2. The number of nitrogens with one attached hydrogen (secondary N) is 2. The lowest BCUT2D eigenvalue weighted by Gasteiger charge is -2.14. The summed E-state index contributed by atoms with van der Waals surface area (Å²) in [6, 6.07) is 1.49. The summed E-state index contributed by atoms with van der Waals surface area (Å²) < 4.78 is 7.08. The number of halogens is 1. The topological polar surface area (TPSA) is 102 Å². The number of anilines is 3. The average Bonchev–Trinajstić information content (AvgIpc) is 3.51. The minimum Gasteiger partial charge on any atom is -0.465 e. The second-order valence-electron chi connectivity index (χ2n) is 7.63. The SMILES string of the molecule is COC(=O)c1cnc(NC(=O)C2CC2)cc1Nc1csc2c(Cl)cn(C(C)C)c(=O)c12. The van der Waals surface area contributed by atoms with Crippen molar-refractivity contribution in [3.63, 3.8) is 0 Å². The standard InChI is InChI=1S/C21H21ClN4O4S/c1-10(2)26-8-13(22)18-17(20(26)28)15(9-31-18)24-14-6-16(25-19(27)11-4-5-11)23-7-12(14)21(29)30-3/h6-11H,4-5H2,1-3H3,(H2,23,24,25,27). The fourth-order valence-corrected chi connectivity index (χ4v) is 4.43. The summed E-state index contributed by atoms with van der Waals surface area (Å²) in [6.07, 6.45) is 4.70. The number of amides is 1. The minimum atomic E-state index is -0.591.